The fraction of sp³-hybridized carbons (Fsp3) is 0.615. The number of fused-ring (bicyclic) bond motifs is 3. The SMILES string of the molecule is FC(F)(F)c1ccc(NC2CN3CCC2CC3)cn1. The van der Waals surface area contributed by atoms with Gasteiger partial charge in [-0.15, -0.1) is 0 Å². The fourth-order valence-electron chi connectivity index (χ4n) is 2.99. The molecule has 1 aromatic rings. The Morgan fingerprint density at radius 3 is 2.42 bits per heavy atom. The number of piperidine rings is 3. The first-order chi connectivity index (χ1) is 9.02. The van der Waals surface area contributed by atoms with E-state index < -0.39 is 11.9 Å². The van der Waals surface area contributed by atoms with Crippen LogP contribution in [0.15, 0.2) is 18.3 Å². The fourth-order valence-corrected chi connectivity index (χ4v) is 2.99. The van der Waals surface area contributed by atoms with Crippen molar-refractivity contribution in [3.63, 3.8) is 0 Å². The number of rotatable bonds is 2. The third-order valence-corrected chi connectivity index (χ3v) is 4.06. The van der Waals surface area contributed by atoms with Crippen LogP contribution in [0.25, 0.3) is 0 Å². The van der Waals surface area contributed by atoms with Crippen molar-refractivity contribution in [1.82, 2.24) is 9.88 Å². The Bertz CT molecular complexity index is 435. The van der Waals surface area contributed by atoms with Crippen LogP contribution in [0.1, 0.15) is 18.5 Å². The highest BCUT2D eigenvalue weighted by molar-refractivity contribution is 5.42. The van der Waals surface area contributed by atoms with Gasteiger partial charge in [-0.05, 0) is 44.0 Å². The molecule has 0 aromatic carbocycles. The Morgan fingerprint density at radius 1 is 1.21 bits per heavy atom. The highest BCUT2D eigenvalue weighted by Crippen LogP contribution is 2.31. The van der Waals surface area contributed by atoms with E-state index in [-0.39, 0.29) is 0 Å². The largest absolute Gasteiger partial charge is 0.433 e. The van der Waals surface area contributed by atoms with E-state index in [4.69, 9.17) is 0 Å². The standard InChI is InChI=1S/C13H16F3N3/c14-13(15,16)12-2-1-10(7-17-12)18-11-8-19-5-3-9(11)4-6-19/h1-2,7,9,11,18H,3-6,8H2. The summed E-state index contributed by atoms with van der Waals surface area (Å²) in [5.74, 6) is 0.632. The van der Waals surface area contributed by atoms with Crippen LogP contribution in [-0.2, 0) is 6.18 Å². The van der Waals surface area contributed by atoms with E-state index in [0.29, 0.717) is 17.6 Å². The Balaban J connectivity index is 1.67. The molecule has 3 aliphatic rings. The van der Waals surface area contributed by atoms with Gasteiger partial charge in [0.05, 0.1) is 11.9 Å². The number of hydrogen-bond acceptors (Lipinski definition) is 3. The lowest BCUT2D eigenvalue weighted by Gasteiger charge is -2.45. The molecule has 1 unspecified atom stereocenters. The molecule has 0 amide bonds. The van der Waals surface area contributed by atoms with E-state index in [1.165, 1.54) is 25.1 Å². The van der Waals surface area contributed by atoms with Crippen LogP contribution in [0.3, 0.4) is 0 Å². The molecule has 0 spiro atoms. The topological polar surface area (TPSA) is 28.2 Å². The first kappa shape index (κ1) is 12.7. The van der Waals surface area contributed by atoms with Crippen molar-refractivity contribution in [3.8, 4) is 0 Å². The smallest absolute Gasteiger partial charge is 0.379 e. The minimum atomic E-state index is -4.37. The van der Waals surface area contributed by atoms with Crippen molar-refractivity contribution in [2.24, 2.45) is 5.92 Å². The van der Waals surface area contributed by atoms with Gasteiger partial charge in [0.15, 0.2) is 0 Å². The molecule has 0 radical (unpaired) electrons. The van der Waals surface area contributed by atoms with E-state index in [9.17, 15) is 13.2 Å². The summed E-state index contributed by atoms with van der Waals surface area (Å²) < 4.78 is 37.2. The first-order valence-corrected chi connectivity index (χ1v) is 6.54. The lowest BCUT2D eigenvalue weighted by molar-refractivity contribution is -0.141. The minimum absolute atomic E-state index is 0.334. The molecule has 0 aliphatic carbocycles. The molecule has 4 rings (SSSR count). The van der Waals surface area contributed by atoms with Gasteiger partial charge >= 0.3 is 6.18 Å². The van der Waals surface area contributed by atoms with E-state index in [0.717, 1.165) is 25.7 Å². The zero-order valence-electron chi connectivity index (χ0n) is 10.5. The zero-order valence-corrected chi connectivity index (χ0v) is 10.5. The maximum Gasteiger partial charge on any atom is 0.433 e. The van der Waals surface area contributed by atoms with Crippen molar-refractivity contribution in [1.29, 1.82) is 0 Å². The van der Waals surface area contributed by atoms with Crippen LogP contribution in [0, 0.1) is 5.92 Å². The quantitative estimate of drug-likeness (QED) is 0.896. The molecular formula is C13H16F3N3. The second kappa shape index (κ2) is 4.67. The first-order valence-electron chi connectivity index (χ1n) is 6.54. The Kier molecular flexibility index (Phi) is 3.12. The molecule has 2 bridgehead atoms. The summed E-state index contributed by atoms with van der Waals surface area (Å²) in [4.78, 5) is 5.87. The molecule has 6 heteroatoms. The Hall–Kier alpha value is -1.30. The lowest BCUT2D eigenvalue weighted by atomic mass is 9.84. The van der Waals surface area contributed by atoms with E-state index >= 15 is 0 Å². The number of nitrogens with one attached hydrogen (secondary N) is 1. The third kappa shape index (κ3) is 2.68. The monoisotopic (exact) mass is 271 g/mol. The molecule has 3 fully saturated rings. The molecule has 0 saturated carbocycles. The number of pyridine rings is 1. The molecule has 1 aromatic heterocycles. The van der Waals surface area contributed by atoms with Crippen LogP contribution < -0.4 is 5.32 Å². The van der Waals surface area contributed by atoms with Gasteiger partial charge in [0.1, 0.15) is 5.69 Å². The summed E-state index contributed by atoms with van der Waals surface area (Å²) in [7, 11) is 0. The van der Waals surface area contributed by atoms with Crippen molar-refractivity contribution in [3.05, 3.63) is 24.0 Å². The predicted octanol–water partition coefficient (Wildman–Crippen LogP) is 2.61. The number of anilines is 1. The third-order valence-electron chi connectivity index (χ3n) is 4.06. The summed E-state index contributed by atoms with van der Waals surface area (Å²) >= 11 is 0. The summed E-state index contributed by atoms with van der Waals surface area (Å²) in [5, 5.41) is 3.32. The molecule has 3 aliphatic heterocycles. The van der Waals surface area contributed by atoms with Crippen LogP contribution in [0.2, 0.25) is 0 Å². The second-order valence-corrected chi connectivity index (χ2v) is 5.32. The number of hydrogen-bond donors (Lipinski definition) is 1. The van der Waals surface area contributed by atoms with Gasteiger partial charge in [0, 0.05) is 12.6 Å². The second-order valence-electron chi connectivity index (χ2n) is 5.32. The average molecular weight is 271 g/mol. The molecule has 3 saturated heterocycles. The van der Waals surface area contributed by atoms with Crippen LogP contribution in [-0.4, -0.2) is 35.6 Å². The summed E-state index contributed by atoms with van der Waals surface area (Å²) in [6.45, 7) is 3.27. The van der Waals surface area contributed by atoms with Gasteiger partial charge < -0.3 is 10.2 Å². The van der Waals surface area contributed by atoms with E-state index in [2.05, 4.69) is 15.2 Å². The molecular weight excluding hydrogens is 255 g/mol. The van der Waals surface area contributed by atoms with Gasteiger partial charge in [-0.1, -0.05) is 0 Å². The number of aromatic nitrogens is 1. The van der Waals surface area contributed by atoms with Crippen LogP contribution in [0.5, 0.6) is 0 Å². The summed E-state index contributed by atoms with van der Waals surface area (Å²) in [5.41, 5.74) is -0.168. The van der Waals surface area contributed by atoms with E-state index in [1.54, 1.807) is 0 Å². The molecule has 104 valence electrons. The van der Waals surface area contributed by atoms with Crippen LogP contribution in [0.4, 0.5) is 18.9 Å². The van der Waals surface area contributed by atoms with Crippen LogP contribution >= 0.6 is 0 Å². The molecule has 4 heterocycles. The Labute approximate surface area is 109 Å². The van der Waals surface area contributed by atoms with Crippen molar-refractivity contribution < 1.29 is 13.2 Å². The predicted molar refractivity (Wildman–Crippen MR) is 65.8 cm³/mol. The number of nitrogens with zero attached hydrogens (tertiary/aromatic N) is 2. The summed E-state index contributed by atoms with van der Waals surface area (Å²) in [6, 6.07) is 2.83. The molecule has 3 nitrogen and oxygen atoms in total. The number of alkyl halides is 3. The minimum Gasteiger partial charge on any atom is -0.379 e. The van der Waals surface area contributed by atoms with Crippen molar-refractivity contribution >= 4 is 5.69 Å². The van der Waals surface area contributed by atoms with Gasteiger partial charge in [-0.25, -0.2) is 4.98 Å². The van der Waals surface area contributed by atoms with Crippen molar-refractivity contribution in [2.45, 2.75) is 25.1 Å². The molecule has 1 atom stereocenters. The highest BCUT2D eigenvalue weighted by Gasteiger charge is 2.34. The normalized spacial score (nSPS) is 30.4. The van der Waals surface area contributed by atoms with Crippen molar-refractivity contribution in [2.75, 3.05) is 25.0 Å². The maximum atomic E-state index is 12.4. The van der Waals surface area contributed by atoms with Gasteiger partial charge in [0.25, 0.3) is 0 Å². The summed E-state index contributed by atoms with van der Waals surface area (Å²) in [6.07, 6.45) is -0.744. The lowest BCUT2D eigenvalue weighted by Crippen LogP contribution is -2.53. The Morgan fingerprint density at radius 2 is 1.95 bits per heavy atom. The van der Waals surface area contributed by atoms with Gasteiger partial charge in [0.2, 0.25) is 0 Å². The number of halogens is 3. The van der Waals surface area contributed by atoms with Gasteiger partial charge in [-0.2, -0.15) is 13.2 Å². The van der Waals surface area contributed by atoms with Gasteiger partial charge in [-0.3, -0.25) is 0 Å². The van der Waals surface area contributed by atoms with E-state index in [1.807, 2.05) is 0 Å². The average Bonchev–Trinajstić information content (AvgIpc) is 2.40. The molecule has 19 heavy (non-hydrogen) atoms. The maximum absolute atomic E-state index is 12.4. The highest BCUT2D eigenvalue weighted by atomic mass is 19.4. The zero-order chi connectivity index (χ0) is 13.5. The molecule has 1 N–H and O–H groups in total.